The third kappa shape index (κ3) is 6.12. The van der Waals surface area contributed by atoms with Crippen LogP contribution in [0.2, 0.25) is 0 Å². The van der Waals surface area contributed by atoms with Crippen LogP contribution in [-0.4, -0.2) is 56.6 Å². The number of sulfonamides is 1. The lowest BCUT2D eigenvalue weighted by Gasteiger charge is -2.26. The Bertz CT molecular complexity index is 1190. The molecule has 0 bridgehead atoms. The predicted octanol–water partition coefficient (Wildman–Crippen LogP) is 3.67. The average Bonchev–Trinajstić information content (AvgIpc) is 2.84. The van der Waals surface area contributed by atoms with E-state index in [0.717, 1.165) is 57.3 Å². The number of urea groups is 1. The van der Waals surface area contributed by atoms with Gasteiger partial charge in [0.2, 0.25) is 0 Å². The first-order chi connectivity index (χ1) is 16.8. The smallest absolute Gasteiger partial charge is 0.338 e. The zero-order valence-corrected chi connectivity index (χ0v) is 20.5. The molecule has 0 saturated carbocycles. The van der Waals surface area contributed by atoms with Crippen molar-refractivity contribution in [3.05, 3.63) is 53.1 Å². The maximum Gasteiger partial charge on any atom is 0.338 e. The highest BCUT2D eigenvalue weighted by Crippen LogP contribution is 2.32. The number of fused-ring (bicyclic) bond motifs is 1. The molecular formula is C25H32N4O5S. The van der Waals surface area contributed by atoms with E-state index < -0.39 is 22.0 Å². The molecular weight excluding hydrogens is 468 g/mol. The van der Waals surface area contributed by atoms with E-state index in [4.69, 9.17) is 0 Å². The van der Waals surface area contributed by atoms with Crippen LogP contribution in [0, 0.1) is 0 Å². The van der Waals surface area contributed by atoms with Crippen LogP contribution in [0.3, 0.4) is 0 Å². The molecule has 188 valence electrons. The largest absolute Gasteiger partial charge is 0.478 e. The van der Waals surface area contributed by atoms with Gasteiger partial charge < -0.3 is 20.6 Å². The van der Waals surface area contributed by atoms with Crippen LogP contribution in [0.5, 0.6) is 0 Å². The van der Waals surface area contributed by atoms with Crippen LogP contribution in [0.1, 0.15) is 53.6 Å². The molecule has 1 aliphatic carbocycles. The minimum atomic E-state index is -4.17. The normalized spacial score (nSPS) is 16.2. The molecule has 1 fully saturated rings. The minimum Gasteiger partial charge on any atom is -0.478 e. The van der Waals surface area contributed by atoms with Crippen molar-refractivity contribution in [2.45, 2.75) is 49.8 Å². The second kappa shape index (κ2) is 11.1. The summed E-state index contributed by atoms with van der Waals surface area (Å²) in [7, 11) is -4.17. The molecule has 4 rings (SSSR count). The number of carbonyl (C=O) groups is 2. The summed E-state index contributed by atoms with van der Waals surface area (Å²) in [6.45, 7) is 3.25. The zero-order chi connectivity index (χ0) is 24.8. The van der Waals surface area contributed by atoms with E-state index in [9.17, 15) is 23.1 Å². The highest BCUT2D eigenvalue weighted by Gasteiger charge is 2.26. The quantitative estimate of drug-likeness (QED) is 0.438. The molecule has 0 spiro atoms. The minimum absolute atomic E-state index is 0.00771. The molecule has 1 heterocycles. The van der Waals surface area contributed by atoms with Crippen LogP contribution in [0.4, 0.5) is 16.2 Å². The van der Waals surface area contributed by atoms with E-state index in [1.54, 1.807) is 18.2 Å². The number of carboxylic acids is 1. The van der Waals surface area contributed by atoms with Crippen molar-refractivity contribution in [2.75, 3.05) is 36.2 Å². The van der Waals surface area contributed by atoms with E-state index in [0.29, 0.717) is 18.5 Å². The Morgan fingerprint density at radius 2 is 1.66 bits per heavy atom. The lowest BCUT2D eigenvalue weighted by molar-refractivity contribution is 0.0696. The van der Waals surface area contributed by atoms with E-state index in [1.165, 1.54) is 24.6 Å². The number of carbonyl (C=O) groups excluding carboxylic acids is 1. The van der Waals surface area contributed by atoms with Crippen molar-refractivity contribution in [2.24, 2.45) is 0 Å². The first-order valence-corrected chi connectivity index (χ1v) is 13.6. The number of aromatic carboxylic acids is 1. The van der Waals surface area contributed by atoms with E-state index in [2.05, 4.69) is 20.3 Å². The molecule has 9 nitrogen and oxygen atoms in total. The third-order valence-corrected chi connectivity index (χ3v) is 8.00. The van der Waals surface area contributed by atoms with Gasteiger partial charge in [-0.25, -0.2) is 18.0 Å². The molecule has 35 heavy (non-hydrogen) atoms. The lowest BCUT2D eigenvalue weighted by Crippen LogP contribution is -2.39. The van der Waals surface area contributed by atoms with Crippen LogP contribution in [0.15, 0.2) is 41.3 Å². The average molecular weight is 501 g/mol. The van der Waals surface area contributed by atoms with Gasteiger partial charge in [-0.15, -0.1) is 0 Å². The third-order valence-electron chi connectivity index (χ3n) is 6.58. The van der Waals surface area contributed by atoms with Gasteiger partial charge in [-0.1, -0.05) is 24.6 Å². The first kappa shape index (κ1) is 25.0. The number of para-hydroxylation sites is 1. The number of piperidine rings is 1. The summed E-state index contributed by atoms with van der Waals surface area (Å²) >= 11 is 0. The number of hydrogen-bond acceptors (Lipinski definition) is 5. The highest BCUT2D eigenvalue weighted by atomic mass is 32.2. The second-order valence-electron chi connectivity index (χ2n) is 9.02. The van der Waals surface area contributed by atoms with Gasteiger partial charge >= 0.3 is 12.0 Å². The number of benzene rings is 2. The Kier molecular flexibility index (Phi) is 7.92. The topological polar surface area (TPSA) is 128 Å². The van der Waals surface area contributed by atoms with Gasteiger partial charge in [0.1, 0.15) is 4.90 Å². The van der Waals surface area contributed by atoms with E-state index in [1.807, 2.05) is 0 Å². The number of carboxylic acid groups (broad SMARTS) is 1. The van der Waals surface area contributed by atoms with Gasteiger partial charge in [-0.05, 0) is 80.9 Å². The summed E-state index contributed by atoms with van der Waals surface area (Å²) < 4.78 is 29.0. The molecule has 0 unspecified atom stereocenters. The summed E-state index contributed by atoms with van der Waals surface area (Å²) in [6, 6.07) is 8.87. The summed E-state index contributed by atoms with van der Waals surface area (Å²) in [5.74, 6) is -1.17. The number of amides is 2. The predicted molar refractivity (Wildman–Crippen MR) is 135 cm³/mol. The van der Waals surface area contributed by atoms with Gasteiger partial charge in [0.05, 0.1) is 16.9 Å². The first-order valence-electron chi connectivity index (χ1n) is 12.1. The lowest BCUT2D eigenvalue weighted by atomic mass is 9.87. The fourth-order valence-electron chi connectivity index (χ4n) is 4.84. The van der Waals surface area contributed by atoms with Gasteiger partial charge in [0, 0.05) is 13.1 Å². The second-order valence-corrected chi connectivity index (χ2v) is 10.7. The maximum atomic E-state index is 13.3. The molecule has 2 aromatic rings. The Morgan fingerprint density at radius 1 is 0.914 bits per heavy atom. The Balaban J connectivity index is 1.48. The number of anilines is 2. The van der Waals surface area contributed by atoms with Crippen LogP contribution in [-0.2, 0) is 22.9 Å². The van der Waals surface area contributed by atoms with Crippen molar-refractivity contribution in [3.63, 3.8) is 0 Å². The van der Waals surface area contributed by atoms with E-state index >= 15 is 0 Å². The number of rotatable bonds is 8. The molecule has 2 aromatic carbocycles. The molecule has 2 aliphatic rings. The monoisotopic (exact) mass is 500 g/mol. The summed E-state index contributed by atoms with van der Waals surface area (Å²) in [5, 5.41) is 15.2. The van der Waals surface area contributed by atoms with Gasteiger partial charge in [0.25, 0.3) is 10.0 Å². The number of aryl methyl sites for hydroxylation is 1. The molecule has 4 N–H and O–H groups in total. The fourth-order valence-corrected chi connectivity index (χ4v) is 6.07. The van der Waals surface area contributed by atoms with Crippen molar-refractivity contribution < 1.29 is 23.1 Å². The van der Waals surface area contributed by atoms with Crippen molar-refractivity contribution in [3.8, 4) is 0 Å². The molecule has 10 heteroatoms. The summed E-state index contributed by atoms with van der Waals surface area (Å²) in [6.07, 6.45) is 6.80. The molecule has 1 aliphatic heterocycles. The molecule has 0 atom stereocenters. The number of hydrogen-bond donors (Lipinski definition) is 4. The molecule has 2 amide bonds. The molecule has 0 aromatic heterocycles. The Labute approximate surface area is 206 Å². The summed E-state index contributed by atoms with van der Waals surface area (Å²) in [4.78, 5) is 26.7. The zero-order valence-electron chi connectivity index (χ0n) is 19.7. The Hall–Kier alpha value is -3.11. The van der Waals surface area contributed by atoms with Crippen molar-refractivity contribution in [1.29, 1.82) is 0 Å². The standard InChI is InChI=1S/C25H32N4O5S/c30-24(31)23-19-9-3-2-8-18(19)12-13-21(23)28-35(33,34)22-11-5-4-10-20(22)27-25(32)26-14-17-29-15-6-1-7-16-29/h4-5,10-13,28H,1-3,6-9,14-17H2,(H,30,31)(H2,26,27,32). The van der Waals surface area contributed by atoms with Gasteiger partial charge in [0.15, 0.2) is 0 Å². The highest BCUT2D eigenvalue weighted by molar-refractivity contribution is 7.92. The maximum absolute atomic E-state index is 13.3. The van der Waals surface area contributed by atoms with E-state index in [-0.39, 0.29) is 21.8 Å². The number of nitrogens with zero attached hydrogens (tertiary/aromatic N) is 1. The summed E-state index contributed by atoms with van der Waals surface area (Å²) in [5.41, 5.74) is 1.76. The number of nitrogens with one attached hydrogen (secondary N) is 3. The van der Waals surface area contributed by atoms with Crippen LogP contribution >= 0.6 is 0 Å². The molecule has 1 saturated heterocycles. The molecule has 0 radical (unpaired) electrons. The fraction of sp³-hybridized carbons (Fsp3) is 0.440. The number of likely N-dealkylation sites (tertiary alicyclic amines) is 1. The van der Waals surface area contributed by atoms with Crippen molar-refractivity contribution >= 4 is 33.4 Å². The van der Waals surface area contributed by atoms with Gasteiger partial charge in [-0.2, -0.15) is 0 Å². The van der Waals surface area contributed by atoms with Crippen LogP contribution < -0.4 is 15.4 Å². The van der Waals surface area contributed by atoms with Crippen LogP contribution in [0.25, 0.3) is 0 Å². The SMILES string of the molecule is O=C(NCCN1CCCCC1)Nc1ccccc1S(=O)(=O)Nc1ccc2c(c1C(=O)O)CCCC2. The van der Waals surface area contributed by atoms with Crippen molar-refractivity contribution in [1.82, 2.24) is 10.2 Å². The Morgan fingerprint density at radius 3 is 2.43 bits per heavy atom. The van der Waals surface area contributed by atoms with Gasteiger partial charge in [-0.3, -0.25) is 4.72 Å².